The molecule has 0 saturated carbocycles. The molecular formula is C14H20N4O. The first-order valence-corrected chi connectivity index (χ1v) is 6.46. The van der Waals surface area contributed by atoms with E-state index >= 15 is 0 Å². The summed E-state index contributed by atoms with van der Waals surface area (Å²) >= 11 is 0. The maximum atomic E-state index is 5.40. The number of rotatable bonds is 5. The maximum Gasteiger partial charge on any atom is 0.135 e. The first kappa shape index (κ1) is 13.4. The van der Waals surface area contributed by atoms with E-state index in [2.05, 4.69) is 34.4 Å². The second-order valence-electron chi connectivity index (χ2n) is 4.77. The second kappa shape index (κ2) is 5.73. The number of hydrogen-bond acceptors (Lipinski definition) is 5. The summed E-state index contributed by atoms with van der Waals surface area (Å²) in [6.45, 7) is 6.30. The summed E-state index contributed by atoms with van der Waals surface area (Å²) in [5.41, 5.74) is 1.09. The molecular weight excluding hydrogens is 240 g/mol. The Morgan fingerprint density at radius 3 is 2.47 bits per heavy atom. The lowest BCUT2D eigenvalue weighted by Crippen LogP contribution is -2.12. The highest BCUT2D eigenvalue weighted by Crippen LogP contribution is 2.30. The molecule has 0 radical (unpaired) electrons. The summed E-state index contributed by atoms with van der Waals surface area (Å²) in [5.74, 6) is 2.92. The lowest BCUT2D eigenvalue weighted by atomic mass is 10.0. The molecule has 0 amide bonds. The van der Waals surface area contributed by atoms with E-state index in [0.717, 1.165) is 23.0 Å². The summed E-state index contributed by atoms with van der Waals surface area (Å²) in [4.78, 5) is 8.62. The van der Waals surface area contributed by atoms with E-state index < -0.39 is 0 Å². The van der Waals surface area contributed by atoms with Gasteiger partial charge in [0, 0.05) is 12.6 Å². The van der Waals surface area contributed by atoms with Crippen molar-refractivity contribution in [1.82, 2.24) is 9.97 Å². The van der Waals surface area contributed by atoms with Crippen molar-refractivity contribution in [3.8, 4) is 0 Å². The number of nitrogens with one attached hydrogen (secondary N) is 2. The highest BCUT2D eigenvalue weighted by atomic mass is 16.3. The molecule has 5 heteroatoms. The fourth-order valence-corrected chi connectivity index (χ4v) is 2.07. The molecule has 0 aliphatic rings. The van der Waals surface area contributed by atoms with E-state index in [0.29, 0.717) is 5.92 Å². The SMILES string of the molecule is CNc1ncnc(NC(C)c2ccco2)c1C(C)C. The van der Waals surface area contributed by atoms with Gasteiger partial charge in [-0.1, -0.05) is 13.8 Å². The van der Waals surface area contributed by atoms with Crippen molar-refractivity contribution in [2.24, 2.45) is 0 Å². The summed E-state index contributed by atoms with van der Waals surface area (Å²) in [5, 5.41) is 6.49. The van der Waals surface area contributed by atoms with Crippen LogP contribution in [0, 0.1) is 0 Å². The third kappa shape index (κ3) is 2.86. The first-order chi connectivity index (χ1) is 9.13. The standard InChI is InChI=1S/C14H20N4O/c1-9(2)12-13(15-4)16-8-17-14(12)18-10(3)11-6-5-7-19-11/h5-10H,1-4H3,(H2,15,16,17,18). The molecule has 2 aromatic heterocycles. The highest BCUT2D eigenvalue weighted by Gasteiger charge is 2.17. The molecule has 0 spiro atoms. The van der Waals surface area contributed by atoms with E-state index in [9.17, 15) is 0 Å². The van der Waals surface area contributed by atoms with Gasteiger partial charge in [0.1, 0.15) is 23.7 Å². The number of furan rings is 1. The Labute approximate surface area is 113 Å². The van der Waals surface area contributed by atoms with Crippen LogP contribution in [0.2, 0.25) is 0 Å². The zero-order valence-corrected chi connectivity index (χ0v) is 11.8. The van der Waals surface area contributed by atoms with Crippen LogP contribution in [0.3, 0.4) is 0 Å². The van der Waals surface area contributed by atoms with Gasteiger partial charge in [-0.15, -0.1) is 0 Å². The van der Waals surface area contributed by atoms with Gasteiger partial charge in [0.25, 0.3) is 0 Å². The molecule has 1 atom stereocenters. The predicted octanol–water partition coefficient (Wildman–Crippen LogP) is 3.41. The van der Waals surface area contributed by atoms with E-state index in [4.69, 9.17) is 4.42 Å². The summed E-state index contributed by atoms with van der Waals surface area (Å²) in [6, 6.07) is 3.90. The zero-order chi connectivity index (χ0) is 13.8. The third-order valence-electron chi connectivity index (χ3n) is 3.02. The molecule has 0 aliphatic heterocycles. The fraction of sp³-hybridized carbons (Fsp3) is 0.429. The third-order valence-corrected chi connectivity index (χ3v) is 3.02. The van der Waals surface area contributed by atoms with E-state index in [1.807, 2.05) is 26.1 Å². The Kier molecular flexibility index (Phi) is 4.04. The molecule has 2 aromatic rings. The number of aromatic nitrogens is 2. The van der Waals surface area contributed by atoms with Crippen molar-refractivity contribution in [3.05, 3.63) is 36.0 Å². The molecule has 5 nitrogen and oxygen atoms in total. The summed E-state index contributed by atoms with van der Waals surface area (Å²) in [7, 11) is 1.87. The van der Waals surface area contributed by atoms with Crippen LogP contribution < -0.4 is 10.6 Å². The smallest absolute Gasteiger partial charge is 0.135 e. The molecule has 102 valence electrons. The van der Waals surface area contributed by atoms with E-state index in [1.54, 1.807) is 12.6 Å². The molecule has 2 heterocycles. The highest BCUT2D eigenvalue weighted by molar-refractivity contribution is 5.59. The van der Waals surface area contributed by atoms with Gasteiger partial charge in [0.15, 0.2) is 0 Å². The van der Waals surface area contributed by atoms with Crippen molar-refractivity contribution in [2.75, 3.05) is 17.7 Å². The zero-order valence-electron chi connectivity index (χ0n) is 11.8. The van der Waals surface area contributed by atoms with Crippen LogP contribution in [-0.2, 0) is 0 Å². The fourth-order valence-electron chi connectivity index (χ4n) is 2.07. The van der Waals surface area contributed by atoms with Crippen LogP contribution in [-0.4, -0.2) is 17.0 Å². The molecule has 0 bridgehead atoms. The lowest BCUT2D eigenvalue weighted by Gasteiger charge is -2.19. The Morgan fingerprint density at radius 1 is 1.16 bits per heavy atom. The van der Waals surface area contributed by atoms with Crippen molar-refractivity contribution >= 4 is 11.6 Å². The second-order valence-corrected chi connectivity index (χ2v) is 4.77. The number of anilines is 2. The Balaban J connectivity index is 2.29. The van der Waals surface area contributed by atoms with Crippen molar-refractivity contribution in [1.29, 1.82) is 0 Å². The van der Waals surface area contributed by atoms with Crippen LogP contribution in [0.4, 0.5) is 11.6 Å². The van der Waals surface area contributed by atoms with Crippen LogP contribution in [0.1, 0.15) is 44.1 Å². The molecule has 19 heavy (non-hydrogen) atoms. The number of hydrogen-bond donors (Lipinski definition) is 2. The first-order valence-electron chi connectivity index (χ1n) is 6.46. The largest absolute Gasteiger partial charge is 0.467 e. The maximum absolute atomic E-state index is 5.40. The Bertz CT molecular complexity index is 522. The van der Waals surface area contributed by atoms with E-state index in [-0.39, 0.29) is 6.04 Å². The van der Waals surface area contributed by atoms with Crippen molar-refractivity contribution in [2.45, 2.75) is 32.7 Å². The molecule has 0 fully saturated rings. The average molecular weight is 260 g/mol. The molecule has 2 rings (SSSR count). The van der Waals surface area contributed by atoms with Gasteiger partial charge in [0.2, 0.25) is 0 Å². The van der Waals surface area contributed by atoms with Gasteiger partial charge in [-0.25, -0.2) is 9.97 Å². The molecule has 0 saturated heterocycles. The van der Waals surface area contributed by atoms with Gasteiger partial charge in [-0.3, -0.25) is 0 Å². The average Bonchev–Trinajstić information content (AvgIpc) is 2.92. The van der Waals surface area contributed by atoms with Crippen LogP contribution in [0.5, 0.6) is 0 Å². The van der Waals surface area contributed by atoms with Crippen LogP contribution in [0.25, 0.3) is 0 Å². The monoisotopic (exact) mass is 260 g/mol. The van der Waals surface area contributed by atoms with E-state index in [1.165, 1.54) is 0 Å². The minimum absolute atomic E-state index is 0.0621. The topological polar surface area (TPSA) is 63.0 Å². The molecule has 0 aromatic carbocycles. The lowest BCUT2D eigenvalue weighted by molar-refractivity contribution is 0.490. The van der Waals surface area contributed by atoms with Crippen molar-refractivity contribution in [3.63, 3.8) is 0 Å². The predicted molar refractivity (Wildman–Crippen MR) is 76.4 cm³/mol. The minimum Gasteiger partial charge on any atom is -0.467 e. The van der Waals surface area contributed by atoms with Gasteiger partial charge in [0.05, 0.1) is 12.3 Å². The molecule has 0 aliphatic carbocycles. The van der Waals surface area contributed by atoms with Crippen LogP contribution >= 0.6 is 0 Å². The van der Waals surface area contributed by atoms with Crippen LogP contribution in [0.15, 0.2) is 29.1 Å². The van der Waals surface area contributed by atoms with Crippen molar-refractivity contribution < 1.29 is 4.42 Å². The van der Waals surface area contributed by atoms with Gasteiger partial charge in [-0.05, 0) is 25.0 Å². The quantitative estimate of drug-likeness (QED) is 0.862. The molecule has 1 unspecified atom stereocenters. The van der Waals surface area contributed by atoms with Gasteiger partial charge in [-0.2, -0.15) is 0 Å². The normalized spacial score (nSPS) is 12.5. The Morgan fingerprint density at radius 2 is 1.89 bits per heavy atom. The summed E-state index contributed by atoms with van der Waals surface area (Å²) < 4.78 is 5.40. The van der Waals surface area contributed by atoms with Gasteiger partial charge >= 0.3 is 0 Å². The minimum atomic E-state index is 0.0621. The number of nitrogens with zero attached hydrogens (tertiary/aromatic N) is 2. The summed E-state index contributed by atoms with van der Waals surface area (Å²) in [6.07, 6.45) is 3.24. The molecule has 2 N–H and O–H groups in total. The Hall–Kier alpha value is -2.04. The van der Waals surface area contributed by atoms with Gasteiger partial charge < -0.3 is 15.1 Å².